The molecule has 0 aliphatic carbocycles. The van der Waals surface area contributed by atoms with E-state index in [0.717, 1.165) is 0 Å². The Morgan fingerprint density at radius 1 is 0.769 bits per heavy atom. The fraction of sp³-hybridized carbons (Fsp3) is 0.800. The second-order valence-electron chi connectivity index (χ2n) is 5.41. The lowest BCUT2D eigenvalue weighted by Crippen LogP contribution is -2.08. The van der Waals surface area contributed by atoms with Crippen molar-refractivity contribution in [3.8, 4) is 0 Å². The summed E-state index contributed by atoms with van der Waals surface area (Å²) in [6.45, 7) is 13.9. The van der Waals surface area contributed by atoms with E-state index in [2.05, 4.69) is 41.5 Å². The SMILES string of the molecule is CC(C)(C)c1ppc(C(C)(C)C)s1. The van der Waals surface area contributed by atoms with Crippen molar-refractivity contribution in [2.45, 2.75) is 52.4 Å². The summed E-state index contributed by atoms with van der Waals surface area (Å²) >= 11 is 2.03. The van der Waals surface area contributed by atoms with Gasteiger partial charge in [0.05, 0.1) is 0 Å². The average Bonchev–Trinajstić information content (AvgIpc) is 2.28. The van der Waals surface area contributed by atoms with E-state index < -0.39 is 0 Å². The van der Waals surface area contributed by atoms with Gasteiger partial charge in [-0.25, -0.2) is 0 Å². The van der Waals surface area contributed by atoms with Crippen molar-refractivity contribution < 1.29 is 0 Å². The zero-order valence-electron chi connectivity index (χ0n) is 9.30. The van der Waals surface area contributed by atoms with Crippen LogP contribution in [0.3, 0.4) is 0 Å². The highest BCUT2D eigenvalue weighted by Gasteiger charge is 2.22. The Kier molecular flexibility index (Phi) is 3.23. The third-order valence-corrected chi connectivity index (χ3v) is 8.53. The van der Waals surface area contributed by atoms with E-state index in [1.165, 1.54) is 15.7 Å². The molecule has 13 heavy (non-hydrogen) atoms. The largest absolute Gasteiger partial charge is 0.134 e. The highest BCUT2D eigenvalue weighted by atomic mass is 32.1. The Morgan fingerprint density at radius 2 is 1.08 bits per heavy atom. The van der Waals surface area contributed by atoms with E-state index in [4.69, 9.17) is 0 Å². The van der Waals surface area contributed by atoms with Gasteiger partial charge in [0.15, 0.2) is 0 Å². The minimum atomic E-state index is 0.367. The molecule has 0 aromatic carbocycles. The molecule has 1 heterocycles. The first-order chi connectivity index (χ1) is 5.71. The minimum Gasteiger partial charge on any atom is -0.134 e. The van der Waals surface area contributed by atoms with Crippen LogP contribution in [0, 0.1) is 0 Å². The Balaban J connectivity index is 3.01. The van der Waals surface area contributed by atoms with Crippen LogP contribution in [0.4, 0.5) is 0 Å². The van der Waals surface area contributed by atoms with Crippen LogP contribution in [0.25, 0.3) is 0 Å². The molecule has 1 rings (SSSR count). The molecule has 3 heteroatoms. The first-order valence-electron chi connectivity index (χ1n) is 4.56. The van der Waals surface area contributed by atoms with Gasteiger partial charge in [0.25, 0.3) is 0 Å². The molecule has 0 bridgehead atoms. The smallest absolute Gasteiger partial charge is 0.0422 e. The van der Waals surface area contributed by atoms with E-state index in [-0.39, 0.29) is 0 Å². The minimum absolute atomic E-state index is 0.367. The van der Waals surface area contributed by atoms with E-state index in [0.29, 0.717) is 10.8 Å². The Hall–Kier alpha value is 0.560. The van der Waals surface area contributed by atoms with Crippen LogP contribution < -0.4 is 0 Å². The topological polar surface area (TPSA) is 0 Å². The van der Waals surface area contributed by atoms with Crippen molar-refractivity contribution >= 4 is 27.1 Å². The third-order valence-electron chi connectivity index (χ3n) is 1.71. The molecule has 0 fully saturated rings. The molecule has 1 aromatic rings. The predicted octanol–water partition coefficient (Wildman–Crippen LogP) is 5.50. The van der Waals surface area contributed by atoms with Crippen molar-refractivity contribution in [3.05, 3.63) is 9.22 Å². The van der Waals surface area contributed by atoms with Gasteiger partial charge in [0.2, 0.25) is 0 Å². The Labute approximate surface area is 88.9 Å². The van der Waals surface area contributed by atoms with E-state index in [1.54, 1.807) is 9.22 Å². The summed E-state index contributed by atoms with van der Waals surface area (Å²) < 4.78 is 3.25. The normalized spacial score (nSPS) is 14.6. The maximum Gasteiger partial charge on any atom is 0.0422 e. The molecule has 1 aromatic heterocycles. The molecule has 0 saturated heterocycles. The predicted molar refractivity (Wildman–Crippen MR) is 66.7 cm³/mol. The lowest BCUT2D eigenvalue weighted by atomic mass is 10.0. The summed E-state index contributed by atoms with van der Waals surface area (Å²) in [5.74, 6) is 0. The standard InChI is InChI=1S/C10H18P2S/c1-9(2,3)7-11-12-8(13-7)10(4,5)6/h1-6H3. The van der Waals surface area contributed by atoms with Gasteiger partial charge >= 0.3 is 0 Å². The lowest BCUT2D eigenvalue weighted by Gasteiger charge is -2.17. The Bertz CT molecular complexity index is 260. The van der Waals surface area contributed by atoms with Crippen LogP contribution in [0.1, 0.15) is 50.8 Å². The van der Waals surface area contributed by atoms with Crippen LogP contribution in [-0.2, 0) is 10.8 Å². The highest BCUT2D eigenvalue weighted by Crippen LogP contribution is 2.48. The number of hydrogen-bond donors (Lipinski definition) is 0. The van der Waals surface area contributed by atoms with Crippen LogP contribution in [0.5, 0.6) is 0 Å². The summed E-state index contributed by atoms with van der Waals surface area (Å²) in [5.41, 5.74) is 0.735. The fourth-order valence-corrected chi connectivity index (χ4v) is 7.31. The second kappa shape index (κ2) is 3.61. The molecule has 0 spiro atoms. The van der Waals surface area contributed by atoms with Gasteiger partial charge in [-0.05, 0) is 15.7 Å². The van der Waals surface area contributed by atoms with Crippen LogP contribution in [-0.4, -0.2) is 0 Å². The summed E-state index contributed by atoms with van der Waals surface area (Å²) in [4.78, 5) is 0. The molecule has 0 nitrogen and oxygen atoms in total. The summed E-state index contributed by atoms with van der Waals surface area (Å²) in [6, 6.07) is 0. The van der Waals surface area contributed by atoms with Crippen molar-refractivity contribution in [1.29, 1.82) is 0 Å². The molecular formula is C10H18P2S. The van der Waals surface area contributed by atoms with Gasteiger partial charge in [-0.2, -0.15) is 0 Å². The second-order valence-corrected chi connectivity index (χ2v) is 9.53. The zero-order valence-corrected chi connectivity index (χ0v) is 11.9. The molecule has 0 saturated carbocycles. The maximum atomic E-state index is 2.31. The number of hydrogen-bond acceptors (Lipinski definition) is 1. The molecule has 0 radical (unpaired) electrons. The molecule has 0 unspecified atom stereocenters. The maximum absolute atomic E-state index is 2.31. The van der Waals surface area contributed by atoms with Gasteiger partial charge in [0.1, 0.15) is 0 Å². The van der Waals surface area contributed by atoms with Gasteiger partial charge in [0, 0.05) is 20.0 Å². The van der Waals surface area contributed by atoms with Crippen molar-refractivity contribution in [1.82, 2.24) is 0 Å². The fourth-order valence-electron chi connectivity index (χ4n) is 0.829. The van der Waals surface area contributed by atoms with Gasteiger partial charge in [-0.1, -0.05) is 41.5 Å². The lowest BCUT2D eigenvalue weighted by molar-refractivity contribution is 0.609. The monoisotopic (exact) mass is 232 g/mol. The van der Waals surface area contributed by atoms with Gasteiger partial charge in [-0.3, -0.25) is 0 Å². The van der Waals surface area contributed by atoms with Gasteiger partial charge in [-0.15, -0.1) is 11.3 Å². The quantitative estimate of drug-likeness (QED) is 0.553. The van der Waals surface area contributed by atoms with Crippen LogP contribution in [0.2, 0.25) is 0 Å². The van der Waals surface area contributed by atoms with Crippen molar-refractivity contribution in [2.75, 3.05) is 0 Å². The molecule has 74 valence electrons. The molecule has 0 aliphatic heterocycles. The van der Waals surface area contributed by atoms with Crippen LogP contribution in [0.15, 0.2) is 0 Å². The average molecular weight is 232 g/mol. The molecule has 0 atom stereocenters. The van der Waals surface area contributed by atoms with E-state index in [1.807, 2.05) is 11.3 Å². The Morgan fingerprint density at radius 3 is 1.23 bits per heavy atom. The highest BCUT2D eigenvalue weighted by molar-refractivity contribution is 7.95. The third kappa shape index (κ3) is 3.01. The molecular weight excluding hydrogens is 214 g/mol. The summed E-state index contributed by atoms with van der Waals surface area (Å²) in [7, 11) is 3.02. The molecule has 0 aliphatic rings. The molecule has 0 amide bonds. The first kappa shape index (κ1) is 11.6. The summed E-state index contributed by atoms with van der Waals surface area (Å²) in [5, 5.41) is 0. The van der Waals surface area contributed by atoms with E-state index in [9.17, 15) is 0 Å². The number of rotatable bonds is 0. The zero-order chi connectivity index (χ0) is 10.3. The first-order valence-corrected chi connectivity index (χ1v) is 7.87. The van der Waals surface area contributed by atoms with Crippen molar-refractivity contribution in [2.24, 2.45) is 0 Å². The van der Waals surface area contributed by atoms with Crippen LogP contribution >= 0.6 is 27.1 Å². The van der Waals surface area contributed by atoms with Gasteiger partial charge < -0.3 is 0 Å². The molecule has 0 N–H and O–H groups in total. The van der Waals surface area contributed by atoms with E-state index >= 15 is 0 Å². The summed E-state index contributed by atoms with van der Waals surface area (Å²) in [6.07, 6.45) is 0. The van der Waals surface area contributed by atoms with Crippen molar-refractivity contribution in [3.63, 3.8) is 0 Å².